The van der Waals surface area contributed by atoms with Gasteiger partial charge in [-0.25, -0.2) is 8.42 Å². The van der Waals surface area contributed by atoms with Crippen LogP contribution in [-0.2, 0) is 21.1 Å². The molecular weight excluding hydrogens is 426 g/mol. The number of pyridine rings is 1. The fourth-order valence-electron chi connectivity index (χ4n) is 4.21. The van der Waals surface area contributed by atoms with Gasteiger partial charge in [0, 0.05) is 30.6 Å². The van der Waals surface area contributed by atoms with Gasteiger partial charge < -0.3 is 15.4 Å². The van der Waals surface area contributed by atoms with Crippen LogP contribution in [0.4, 0.5) is 5.69 Å². The van der Waals surface area contributed by atoms with E-state index in [0.717, 1.165) is 12.0 Å². The van der Waals surface area contributed by atoms with Gasteiger partial charge in [-0.15, -0.1) is 0 Å². The molecule has 32 heavy (non-hydrogen) atoms. The molecule has 168 valence electrons. The highest BCUT2D eigenvalue weighted by atomic mass is 32.2. The summed E-state index contributed by atoms with van der Waals surface area (Å²) in [5.41, 5.74) is 7.84. The third-order valence-corrected chi connectivity index (χ3v) is 7.93. The lowest BCUT2D eigenvalue weighted by atomic mass is 9.95. The molecule has 1 fully saturated rings. The van der Waals surface area contributed by atoms with E-state index in [-0.39, 0.29) is 21.6 Å². The molecule has 1 aromatic heterocycles. The molecule has 0 radical (unpaired) electrons. The summed E-state index contributed by atoms with van der Waals surface area (Å²) in [6.07, 6.45) is 3.42. The average Bonchev–Trinajstić information content (AvgIpc) is 2.82. The zero-order chi connectivity index (χ0) is 22.9. The minimum Gasteiger partial charge on any atom is -0.497 e. The van der Waals surface area contributed by atoms with Crippen molar-refractivity contribution in [2.24, 2.45) is 11.7 Å². The van der Waals surface area contributed by atoms with E-state index < -0.39 is 9.84 Å². The zero-order valence-electron chi connectivity index (χ0n) is 18.2. The maximum atomic E-state index is 13.7. The van der Waals surface area contributed by atoms with E-state index in [4.69, 9.17) is 10.5 Å². The first-order chi connectivity index (χ1) is 15.3. The SMILES string of the molecule is CCc1ccc(S(=O)(=O)c2cnc3ccc(OC)cc3c2N2CCC(C(N)=O)CC2)cc1. The van der Waals surface area contributed by atoms with E-state index in [0.29, 0.717) is 48.3 Å². The minimum atomic E-state index is -3.82. The van der Waals surface area contributed by atoms with Gasteiger partial charge in [0.1, 0.15) is 10.6 Å². The zero-order valence-corrected chi connectivity index (χ0v) is 19.1. The van der Waals surface area contributed by atoms with Gasteiger partial charge in [-0.05, 0) is 55.2 Å². The van der Waals surface area contributed by atoms with Crippen molar-refractivity contribution in [2.45, 2.75) is 36.0 Å². The number of methoxy groups -OCH3 is 1. The number of anilines is 1. The van der Waals surface area contributed by atoms with E-state index >= 15 is 0 Å². The molecule has 7 nitrogen and oxygen atoms in total. The summed E-state index contributed by atoms with van der Waals surface area (Å²) in [5, 5.41) is 0.702. The predicted octanol–water partition coefficient (Wildman–Crippen LogP) is 3.34. The van der Waals surface area contributed by atoms with Crippen molar-refractivity contribution in [3.05, 3.63) is 54.2 Å². The largest absolute Gasteiger partial charge is 0.497 e. The second-order valence-electron chi connectivity index (χ2n) is 8.02. The Morgan fingerprint density at radius 2 is 1.84 bits per heavy atom. The van der Waals surface area contributed by atoms with Crippen LogP contribution in [0.5, 0.6) is 5.75 Å². The number of aryl methyl sites for hydroxylation is 1. The van der Waals surface area contributed by atoms with Gasteiger partial charge >= 0.3 is 0 Å². The third-order valence-electron chi connectivity index (χ3n) is 6.16. The summed E-state index contributed by atoms with van der Waals surface area (Å²) >= 11 is 0. The Morgan fingerprint density at radius 1 is 1.16 bits per heavy atom. The van der Waals surface area contributed by atoms with Crippen molar-refractivity contribution in [3.8, 4) is 5.75 Å². The number of nitrogens with two attached hydrogens (primary N) is 1. The third kappa shape index (κ3) is 4.02. The Kier molecular flexibility index (Phi) is 6.06. The molecule has 1 saturated heterocycles. The Morgan fingerprint density at radius 3 is 2.44 bits per heavy atom. The van der Waals surface area contributed by atoms with Crippen LogP contribution in [0.1, 0.15) is 25.3 Å². The molecule has 2 heterocycles. The fraction of sp³-hybridized carbons (Fsp3) is 0.333. The number of amides is 1. The van der Waals surface area contributed by atoms with Crippen LogP contribution in [-0.4, -0.2) is 39.5 Å². The van der Waals surface area contributed by atoms with E-state index in [2.05, 4.69) is 4.98 Å². The van der Waals surface area contributed by atoms with Gasteiger partial charge in [0.15, 0.2) is 0 Å². The van der Waals surface area contributed by atoms with Crippen molar-refractivity contribution in [1.82, 2.24) is 4.98 Å². The summed E-state index contributed by atoms with van der Waals surface area (Å²) in [7, 11) is -2.25. The lowest BCUT2D eigenvalue weighted by Gasteiger charge is -2.34. The number of ether oxygens (including phenoxy) is 1. The molecule has 0 atom stereocenters. The molecule has 0 saturated carbocycles. The number of aromatic nitrogens is 1. The molecular formula is C24H27N3O4S. The number of benzene rings is 2. The first kappa shape index (κ1) is 22.1. The van der Waals surface area contributed by atoms with Crippen LogP contribution < -0.4 is 15.4 Å². The Balaban J connectivity index is 1.88. The van der Waals surface area contributed by atoms with Gasteiger partial charge in [0.05, 0.1) is 23.2 Å². The second kappa shape index (κ2) is 8.78. The van der Waals surface area contributed by atoms with Crippen molar-refractivity contribution >= 4 is 32.3 Å². The molecule has 0 aliphatic carbocycles. The normalized spacial score (nSPS) is 15.1. The first-order valence-electron chi connectivity index (χ1n) is 10.7. The van der Waals surface area contributed by atoms with Gasteiger partial charge in [-0.3, -0.25) is 9.78 Å². The molecule has 8 heteroatoms. The number of carbonyl (C=O) groups excluding carboxylic acids is 1. The highest BCUT2D eigenvalue weighted by molar-refractivity contribution is 7.91. The second-order valence-corrected chi connectivity index (χ2v) is 9.94. The number of carbonyl (C=O) groups is 1. The highest BCUT2D eigenvalue weighted by Crippen LogP contribution is 2.39. The van der Waals surface area contributed by atoms with Crippen LogP contribution in [0.3, 0.4) is 0 Å². The molecule has 4 rings (SSSR count). The molecule has 1 aliphatic heterocycles. The van der Waals surface area contributed by atoms with Crippen molar-refractivity contribution in [3.63, 3.8) is 0 Å². The van der Waals surface area contributed by atoms with Crippen molar-refractivity contribution in [2.75, 3.05) is 25.1 Å². The first-order valence-corrected chi connectivity index (χ1v) is 12.2. The fourth-order valence-corrected chi connectivity index (χ4v) is 5.64. The van der Waals surface area contributed by atoms with Crippen molar-refractivity contribution < 1.29 is 17.9 Å². The maximum Gasteiger partial charge on any atom is 0.220 e. The standard InChI is InChI=1S/C24H27N3O4S/c1-3-16-4-7-19(8-5-16)32(29,30)22-15-26-21-9-6-18(31-2)14-20(21)23(22)27-12-10-17(11-13-27)24(25)28/h4-9,14-15,17H,3,10-13H2,1-2H3,(H2,25,28). The molecule has 0 bridgehead atoms. The molecule has 0 unspecified atom stereocenters. The lowest BCUT2D eigenvalue weighted by Crippen LogP contribution is -2.39. The summed E-state index contributed by atoms with van der Waals surface area (Å²) in [4.78, 5) is 18.5. The lowest BCUT2D eigenvalue weighted by molar-refractivity contribution is -0.122. The average molecular weight is 454 g/mol. The number of fused-ring (bicyclic) bond motifs is 1. The van der Waals surface area contributed by atoms with Crippen molar-refractivity contribution in [1.29, 1.82) is 0 Å². The molecule has 2 N–H and O–H groups in total. The summed E-state index contributed by atoms with van der Waals surface area (Å²) in [6, 6.07) is 12.4. The Labute approximate surface area is 188 Å². The van der Waals surface area contributed by atoms with E-state index in [1.807, 2.05) is 36.1 Å². The molecule has 1 aliphatic rings. The van der Waals surface area contributed by atoms with Gasteiger partial charge in [-0.1, -0.05) is 19.1 Å². The number of hydrogen-bond donors (Lipinski definition) is 1. The highest BCUT2D eigenvalue weighted by Gasteiger charge is 2.30. The predicted molar refractivity (Wildman–Crippen MR) is 124 cm³/mol. The van der Waals surface area contributed by atoms with Crippen LogP contribution in [0.25, 0.3) is 10.9 Å². The van der Waals surface area contributed by atoms with Crippen LogP contribution in [0, 0.1) is 5.92 Å². The van der Waals surface area contributed by atoms with E-state index in [9.17, 15) is 13.2 Å². The molecule has 1 amide bonds. The Hall–Kier alpha value is -3.13. The number of primary amides is 1. The monoisotopic (exact) mass is 453 g/mol. The number of rotatable bonds is 6. The molecule has 0 spiro atoms. The van der Waals surface area contributed by atoms with Crippen LogP contribution >= 0.6 is 0 Å². The smallest absolute Gasteiger partial charge is 0.220 e. The van der Waals surface area contributed by atoms with Gasteiger partial charge in [0.2, 0.25) is 15.7 Å². The maximum absolute atomic E-state index is 13.7. The van der Waals surface area contributed by atoms with E-state index in [1.165, 1.54) is 6.20 Å². The van der Waals surface area contributed by atoms with Crippen LogP contribution in [0.2, 0.25) is 0 Å². The number of sulfone groups is 1. The number of nitrogens with zero attached hydrogens (tertiary/aromatic N) is 2. The van der Waals surface area contributed by atoms with E-state index in [1.54, 1.807) is 25.3 Å². The number of hydrogen-bond acceptors (Lipinski definition) is 6. The summed E-state index contributed by atoms with van der Waals surface area (Å²) < 4.78 is 32.8. The topological polar surface area (TPSA) is 103 Å². The minimum absolute atomic E-state index is 0.153. The van der Waals surface area contributed by atoms with Gasteiger partial charge in [-0.2, -0.15) is 0 Å². The number of piperidine rings is 1. The quantitative estimate of drug-likeness (QED) is 0.614. The summed E-state index contributed by atoms with van der Waals surface area (Å²) in [5.74, 6) is 0.111. The molecule has 3 aromatic rings. The molecule has 2 aromatic carbocycles. The van der Waals surface area contributed by atoms with Gasteiger partial charge in [0.25, 0.3) is 0 Å². The summed E-state index contributed by atoms with van der Waals surface area (Å²) in [6.45, 7) is 3.08. The Bertz CT molecular complexity index is 1250. The van der Waals surface area contributed by atoms with Crippen LogP contribution in [0.15, 0.2) is 58.5 Å².